The molecular weight excluding hydrogens is 544 g/mol. The number of carbonyl (C=O) groups excluding carboxylic acids is 3. The quantitative estimate of drug-likeness (QED) is 0.164. The lowest BCUT2D eigenvalue weighted by atomic mass is 9.85. The predicted octanol–water partition coefficient (Wildman–Crippen LogP) is 5.72. The highest BCUT2D eigenvalue weighted by Gasteiger charge is 2.45. The van der Waals surface area contributed by atoms with E-state index in [4.69, 9.17) is 9.47 Å². The van der Waals surface area contributed by atoms with E-state index in [1.807, 2.05) is 13.8 Å². The van der Waals surface area contributed by atoms with E-state index in [1.165, 1.54) is 19.3 Å². The van der Waals surface area contributed by atoms with E-state index in [-0.39, 0.29) is 30.8 Å². The second-order valence-electron chi connectivity index (χ2n) is 12.7. The molecule has 0 saturated carbocycles. The number of rotatable bonds is 17. The lowest BCUT2D eigenvalue weighted by Crippen LogP contribution is -2.57. The zero-order chi connectivity index (χ0) is 31.6. The first-order valence-electron chi connectivity index (χ1n) is 16.4. The Bertz CT molecular complexity index is 935. The first-order chi connectivity index (χ1) is 20.6. The van der Waals surface area contributed by atoms with Gasteiger partial charge in [-0.3, -0.25) is 9.59 Å². The van der Waals surface area contributed by atoms with Crippen LogP contribution in [0.15, 0.2) is 36.5 Å². The van der Waals surface area contributed by atoms with Crippen molar-refractivity contribution in [3.8, 4) is 0 Å². The third-order valence-electron chi connectivity index (χ3n) is 7.80. The SMILES string of the molecule is CCC=CCC=CCC=CCCCCCCCNC(=O)N1CCN(C(=O)CCNC(=O)C2OC(C)(C)OCC2(C)C)CC1. The van der Waals surface area contributed by atoms with Crippen molar-refractivity contribution < 1.29 is 23.9 Å². The fourth-order valence-electron chi connectivity index (χ4n) is 5.07. The Hall–Kier alpha value is -2.65. The summed E-state index contributed by atoms with van der Waals surface area (Å²) in [6, 6.07) is -0.0538. The number of nitrogens with one attached hydrogen (secondary N) is 2. The zero-order valence-corrected chi connectivity index (χ0v) is 27.5. The number of allylic oxidation sites excluding steroid dienone is 6. The Balaban J connectivity index is 1.48. The molecule has 244 valence electrons. The van der Waals surface area contributed by atoms with Crippen LogP contribution >= 0.6 is 0 Å². The molecule has 9 heteroatoms. The van der Waals surface area contributed by atoms with Crippen molar-refractivity contribution in [3.63, 3.8) is 0 Å². The van der Waals surface area contributed by atoms with Crippen molar-refractivity contribution in [2.24, 2.45) is 5.41 Å². The smallest absolute Gasteiger partial charge is 0.317 e. The van der Waals surface area contributed by atoms with Gasteiger partial charge in [0.15, 0.2) is 5.79 Å². The summed E-state index contributed by atoms with van der Waals surface area (Å²) >= 11 is 0. The van der Waals surface area contributed by atoms with Gasteiger partial charge in [0.05, 0.1) is 6.61 Å². The summed E-state index contributed by atoms with van der Waals surface area (Å²) in [5, 5.41) is 5.88. The maximum absolute atomic E-state index is 12.8. The molecule has 2 rings (SSSR count). The van der Waals surface area contributed by atoms with Crippen LogP contribution in [0.2, 0.25) is 0 Å². The number of urea groups is 1. The van der Waals surface area contributed by atoms with E-state index in [2.05, 4.69) is 54.0 Å². The van der Waals surface area contributed by atoms with Crippen molar-refractivity contribution in [3.05, 3.63) is 36.5 Å². The fourth-order valence-corrected chi connectivity index (χ4v) is 5.07. The van der Waals surface area contributed by atoms with Crippen LogP contribution in [0, 0.1) is 5.41 Å². The number of piperazine rings is 1. The van der Waals surface area contributed by atoms with Gasteiger partial charge in [0, 0.05) is 51.1 Å². The Kier molecular flexibility index (Phi) is 16.6. The molecule has 0 radical (unpaired) electrons. The van der Waals surface area contributed by atoms with Gasteiger partial charge >= 0.3 is 6.03 Å². The highest BCUT2D eigenvalue weighted by molar-refractivity contribution is 5.83. The molecule has 43 heavy (non-hydrogen) atoms. The van der Waals surface area contributed by atoms with E-state index in [0.29, 0.717) is 39.3 Å². The highest BCUT2D eigenvalue weighted by Crippen LogP contribution is 2.34. The maximum Gasteiger partial charge on any atom is 0.317 e. The van der Waals surface area contributed by atoms with Gasteiger partial charge in [0.2, 0.25) is 11.8 Å². The summed E-state index contributed by atoms with van der Waals surface area (Å²) in [7, 11) is 0. The van der Waals surface area contributed by atoms with Crippen molar-refractivity contribution in [1.82, 2.24) is 20.4 Å². The first kappa shape index (κ1) is 36.5. The van der Waals surface area contributed by atoms with Crippen LogP contribution in [0.5, 0.6) is 0 Å². The summed E-state index contributed by atoms with van der Waals surface area (Å²) in [6.07, 6.45) is 22.9. The summed E-state index contributed by atoms with van der Waals surface area (Å²) in [5.74, 6) is -1.06. The van der Waals surface area contributed by atoms with Gasteiger partial charge in [0.1, 0.15) is 6.10 Å². The molecule has 1 unspecified atom stereocenters. The van der Waals surface area contributed by atoms with E-state index in [0.717, 1.165) is 38.5 Å². The molecule has 2 heterocycles. The second-order valence-corrected chi connectivity index (χ2v) is 12.7. The van der Waals surface area contributed by atoms with Crippen LogP contribution in [-0.2, 0) is 19.1 Å². The normalized spacial score (nSPS) is 20.3. The molecule has 0 spiro atoms. The highest BCUT2D eigenvalue weighted by atomic mass is 16.7. The van der Waals surface area contributed by atoms with E-state index >= 15 is 0 Å². The van der Waals surface area contributed by atoms with E-state index in [9.17, 15) is 14.4 Å². The molecule has 9 nitrogen and oxygen atoms in total. The van der Waals surface area contributed by atoms with Crippen molar-refractivity contribution in [2.75, 3.05) is 45.9 Å². The lowest BCUT2D eigenvalue weighted by molar-refractivity contribution is -0.304. The van der Waals surface area contributed by atoms with E-state index in [1.54, 1.807) is 23.6 Å². The number of ether oxygens (including phenoxy) is 2. The fraction of sp³-hybridized carbons (Fsp3) is 0.735. The molecule has 1 atom stereocenters. The lowest BCUT2D eigenvalue weighted by Gasteiger charge is -2.44. The third-order valence-corrected chi connectivity index (χ3v) is 7.80. The van der Waals surface area contributed by atoms with Gasteiger partial charge in [0.25, 0.3) is 0 Å². The Morgan fingerprint density at radius 1 is 0.767 bits per heavy atom. The Labute approximate surface area is 260 Å². The number of nitrogens with zero attached hydrogens (tertiary/aromatic N) is 2. The second kappa shape index (κ2) is 19.6. The maximum atomic E-state index is 12.8. The molecule has 2 aliphatic heterocycles. The molecule has 0 bridgehead atoms. The molecule has 0 aromatic rings. The monoisotopic (exact) mass is 602 g/mol. The number of unbranched alkanes of at least 4 members (excludes halogenated alkanes) is 5. The van der Waals surface area contributed by atoms with Crippen molar-refractivity contribution >= 4 is 17.8 Å². The third kappa shape index (κ3) is 14.6. The molecule has 0 aliphatic carbocycles. The van der Waals surface area contributed by atoms with Gasteiger partial charge < -0.3 is 29.9 Å². The largest absolute Gasteiger partial charge is 0.353 e. The molecule has 0 aromatic heterocycles. The molecule has 0 aromatic carbocycles. The van der Waals surface area contributed by atoms with Crippen LogP contribution in [0.25, 0.3) is 0 Å². The summed E-state index contributed by atoms with van der Waals surface area (Å²) in [4.78, 5) is 41.6. The van der Waals surface area contributed by atoms with Crippen LogP contribution in [0.3, 0.4) is 0 Å². The van der Waals surface area contributed by atoms with Crippen LogP contribution in [-0.4, -0.2) is 85.4 Å². The van der Waals surface area contributed by atoms with Gasteiger partial charge in [-0.15, -0.1) is 0 Å². The standard InChI is InChI=1S/C34H58N4O5/c1-6-7-8-9-10-11-12-13-14-15-16-17-18-19-20-22-36-32(41)38-26-24-37(25-27-38)29(39)21-23-35-31(40)30-33(2,3)28-42-34(4,5)43-30/h7-8,10-11,13-14,30H,6,9,12,15-28H2,1-5H3,(H,35,40)(H,36,41). The Morgan fingerprint density at radius 3 is 2.07 bits per heavy atom. The summed E-state index contributed by atoms with van der Waals surface area (Å²) in [5.41, 5.74) is -0.457. The zero-order valence-electron chi connectivity index (χ0n) is 27.5. The summed E-state index contributed by atoms with van der Waals surface area (Å²) < 4.78 is 11.5. The number of hydrogen-bond donors (Lipinski definition) is 2. The number of amides is 4. The molecule has 4 amide bonds. The minimum Gasteiger partial charge on any atom is -0.353 e. The number of hydrogen-bond acceptors (Lipinski definition) is 5. The minimum atomic E-state index is -0.819. The van der Waals surface area contributed by atoms with Gasteiger partial charge in [-0.1, -0.05) is 76.5 Å². The predicted molar refractivity (Wildman–Crippen MR) is 173 cm³/mol. The van der Waals surface area contributed by atoms with Crippen molar-refractivity contribution in [2.45, 2.75) is 111 Å². The Morgan fingerprint density at radius 2 is 1.37 bits per heavy atom. The van der Waals surface area contributed by atoms with Gasteiger partial charge in [-0.2, -0.15) is 0 Å². The van der Waals surface area contributed by atoms with Gasteiger partial charge in [-0.05, 0) is 52.4 Å². The average Bonchev–Trinajstić information content (AvgIpc) is 2.98. The average molecular weight is 603 g/mol. The van der Waals surface area contributed by atoms with Crippen LogP contribution in [0.4, 0.5) is 4.79 Å². The van der Waals surface area contributed by atoms with Crippen molar-refractivity contribution in [1.29, 1.82) is 0 Å². The molecule has 2 saturated heterocycles. The summed E-state index contributed by atoms with van der Waals surface area (Å²) in [6.45, 7) is 13.0. The topological polar surface area (TPSA) is 100 Å². The van der Waals surface area contributed by atoms with Crippen LogP contribution in [0.1, 0.15) is 98.8 Å². The number of carbonyl (C=O) groups is 3. The van der Waals surface area contributed by atoms with E-state index < -0.39 is 17.3 Å². The molecule has 2 N–H and O–H groups in total. The molecular formula is C34H58N4O5. The molecule has 2 aliphatic rings. The first-order valence-corrected chi connectivity index (χ1v) is 16.4. The van der Waals surface area contributed by atoms with Crippen LogP contribution < -0.4 is 10.6 Å². The minimum absolute atomic E-state index is 0.0179. The van der Waals surface area contributed by atoms with Gasteiger partial charge in [-0.25, -0.2) is 4.79 Å². The molecule has 2 fully saturated rings.